The van der Waals surface area contributed by atoms with Crippen LogP contribution in [-0.4, -0.2) is 22.4 Å². The van der Waals surface area contributed by atoms with Crippen molar-refractivity contribution in [1.82, 2.24) is 15.1 Å². The lowest BCUT2D eigenvalue weighted by Gasteiger charge is -2.52. The molecule has 84 valence electrons. The zero-order chi connectivity index (χ0) is 11.1. The van der Waals surface area contributed by atoms with Crippen molar-refractivity contribution in [3.05, 3.63) is 18.0 Å². The Balaban J connectivity index is 2.09. The molecule has 0 spiro atoms. The predicted octanol–water partition coefficient (Wildman–Crippen LogP) is 1.91. The molecule has 1 saturated carbocycles. The Hall–Kier alpha value is -0.830. The average Bonchev–Trinajstić information content (AvgIpc) is 2.58. The van der Waals surface area contributed by atoms with Gasteiger partial charge in [-0.3, -0.25) is 4.68 Å². The molecule has 1 N–H and O–H groups in total. The highest BCUT2D eigenvalue weighted by molar-refractivity contribution is 5.22. The Bertz CT molecular complexity index is 340. The number of nitrogens with one attached hydrogen (secondary N) is 1. The fraction of sp³-hybridized carbons (Fsp3) is 0.750. The lowest BCUT2D eigenvalue weighted by atomic mass is 9.57. The van der Waals surface area contributed by atoms with E-state index in [1.165, 1.54) is 12.0 Å². The van der Waals surface area contributed by atoms with E-state index in [9.17, 15) is 0 Å². The van der Waals surface area contributed by atoms with E-state index in [-0.39, 0.29) is 0 Å². The number of hydrogen-bond donors (Lipinski definition) is 1. The molecule has 2 atom stereocenters. The standard InChI is InChI=1S/C12H21N3/c1-5-13-11-6-10(12(11,2)3)9-7-14-15(4)8-9/h7-8,10-11,13H,5-6H2,1-4H3. The molecule has 3 nitrogen and oxygen atoms in total. The van der Waals surface area contributed by atoms with Crippen LogP contribution < -0.4 is 5.32 Å². The Morgan fingerprint density at radius 3 is 2.80 bits per heavy atom. The van der Waals surface area contributed by atoms with Gasteiger partial charge in [-0.2, -0.15) is 5.10 Å². The van der Waals surface area contributed by atoms with Crippen molar-refractivity contribution < 1.29 is 0 Å². The van der Waals surface area contributed by atoms with Crippen LogP contribution in [0.1, 0.15) is 38.7 Å². The summed E-state index contributed by atoms with van der Waals surface area (Å²) in [7, 11) is 1.98. The summed E-state index contributed by atoms with van der Waals surface area (Å²) >= 11 is 0. The van der Waals surface area contributed by atoms with E-state index in [1.54, 1.807) is 0 Å². The van der Waals surface area contributed by atoms with E-state index in [0.29, 0.717) is 17.4 Å². The van der Waals surface area contributed by atoms with Crippen molar-refractivity contribution >= 4 is 0 Å². The summed E-state index contributed by atoms with van der Waals surface area (Å²) in [6, 6.07) is 0.660. The van der Waals surface area contributed by atoms with Crippen LogP contribution in [0, 0.1) is 5.41 Å². The van der Waals surface area contributed by atoms with Crippen molar-refractivity contribution in [3.8, 4) is 0 Å². The lowest BCUT2D eigenvalue weighted by molar-refractivity contribution is 0.0706. The van der Waals surface area contributed by atoms with Gasteiger partial charge in [0.1, 0.15) is 0 Å². The van der Waals surface area contributed by atoms with E-state index < -0.39 is 0 Å². The maximum atomic E-state index is 4.25. The molecule has 1 aromatic heterocycles. The van der Waals surface area contributed by atoms with Gasteiger partial charge >= 0.3 is 0 Å². The maximum Gasteiger partial charge on any atom is 0.0524 e. The first-order valence-corrected chi connectivity index (χ1v) is 5.77. The zero-order valence-electron chi connectivity index (χ0n) is 10.1. The lowest BCUT2D eigenvalue weighted by Crippen LogP contribution is -2.55. The largest absolute Gasteiger partial charge is 0.314 e. The summed E-state index contributed by atoms with van der Waals surface area (Å²) in [6.07, 6.45) is 5.40. The minimum Gasteiger partial charge on any atom is -0.314 e. The number of nitrogens with zero attached hydrogens (tertiary/aromatic N) is 2. The average molecular weight is 207 g/mol. The second-order valence-corrected chi connectivity index (χ2v) is 5.17. The van der Waals surface area contributed by atoms with Gasteiger partial charge in [-0.25, -0.2) is 0 Å². The van der Waals surface area contributed by atoms with Gasteiger partial charge in [0.05, 0.1) is 6.20 Å². The van der Waals surface area contributed by atoms with E-state index in [4.69, 9.17) is 0 Å². The SMILES string of the molecule is CCNC1CC(c2cnn(C)c2)C1(C)C. The first kappa shape index (κ1) is 10.7. The Morgan fingerprint density at radius 2 is 2.33 bits per heavy atom. The molecule has 0 aliphatic heterocycles. The van der Waals surface area contributed by atoms with Gasteiger partial charge in [0.25, 0.3) is 0 Å². The van der Waals surface area contributed by atoms with Crippen LogP contribution in [0.5, 0.6) is 0 Å². The normalized spacial score (nSPS) is 28.8. The molecule has 1 aromatic rings. The molecule has 1 aliphatic carbocycles. The fourth-order valence-corrected chi connectivity index (χ4v) is 2.70. The van der Waals surface area contributed by atoms with Crippen LogP contribution in [0.4, 0.5) is 0 Å². The van der Waals surface area contributed by atoms with E-state index >= 15 is 0 Å². The van der Waals surface area contributed by atoms with E-state index in [0.717, 1.165) is 6.54 Å². The van der Waals surface area contributed by atoms with Gasteiger partial charge in [-0.1, -0.05) is 20.8 Å². The molecule has 1 aliphatic rings. The van der Waals surface area contributed by atoms with Gasteiger partial charge in [-0.05, 0) is 29.9 Å². The third-order valence-corrected chi connectivity index (χ3v) is 3.85. The Kier molecular flexibility index (Phi) is 2.59. The summed E-state index contributed by atoms with van der Waals surface area (Å²) in [5, 5.41) is 7.80. The van der Waals surface area contributed by atoms with Crippen molar-refractivity contribution in [2.75, 3.05) is 6.54 Å². The highest BCUT2D eigenvalue weighted by atomic mass is 15.2. The first-order chi connectivity index (χ1) is 7.05. The zero-order valence-corrected chi connectivity index (χ0v) is 10.1. The van der Waals surface area contributed by atoms with Gasteiger partial charge in [-0.15, -0.1) is 0 Å². The van der Waals surface area contributed by atoms with Crippen molar-refractivity contribution in [2.45, 2.75) is 39.2 Å². The second-order valence-electron chi connectivity index (χ2n) is 5.17. The summed E-state index contributed by atoms with van der Waals surface area (Å²) < 4.78 is 1.89. The summed E-state index contributed by atoms with van der Waals surface area (Å²) in [5.41, 5.74) is 1.75. The van der Waals surface area contributed by atoms with Crippen LogP contribution in [0.3, 0.4) is 0 Å². The third-order valence-electron chi connectivity index (χ3n) is 3.85. The van der Waals surface area contributed by atoms with Gasteiger partial charge in [0.2, 0.25) is 0 Å². The topological polar surface area (TPSA) is 29.9 Å². The van der Waals surface area contributed by atoms with Crippen LogP contribution >= 0.6 is 0 Å². The number of aryl methyl sites for hydroxylation is 1. The highest BCUT2D eigenvalue weighted by Gasteiger charge is 2.48. The number of hydrogen-bond acceptors (Lipinski definition) is 2. The summed E-state index contributed by atoms with van der Waals surface area (Å²) in [6.45, 7) is 7.93. The van der Waals surface area contributed by atoms with Crippen molar-refractivity contribution in [3.63, 3.8) is 0 Å². The van der Waals surface area contributed by atoms with Gasteiger partial charge in [0.15, 0.2) is 0 Å². The van der Waals surface area contributed by atoms with Crippen LogP contribution in [0.25, 0.3) is 0 Å². The maximum absolute atomic E-state index is 4.25. The Labute approximate surface area is 91.9 Å². The fourth-order valence-electron chi connectivity index (χ4n) is 2.70. The van der Waals surface area contributed by atoms with E-state index in [2.05, 4.69) is 37.4 Å². The molecule has 3 heteroatoms. The number of aromatic nitrogens is 2. The molecular formula is C12H21N3. The molecular weight excluding hydrogens is 186 g/mol. The van der Waals surface area contributed by atoms with Crippen molar-refractivity contribution in [2.24, 2.45) is 12.5 Å². The highest BCUT2D eigenvalue weighted by Crippen LogP contribution is 2.52. The van der Waals surface area contributed by atoms with Gasteiger partial charge < -0.3 is 5.32 Å². The number of rotatable bonds is 3. The van der Waals surface area contributed by atoms with Crippen LogP contribution in [-0.2, 0) is 7.05 Å². The molecule has 0 aromatic carbocycles. The molecule has 2 unspecified atom stereocenters. The van der Waals surface area contributed by atoms with Gasteiger partial charge in [0, 0.05) is 19.3 Å². The van der Waals surface area contributed by atoms with Crippen LogP contribution in [0.2, 0.25) is 0 Å². The third kappa shape index (κ3) is 1.69. The van der Waals surface area contributed by atoms with Crippen molar-refractivity contribution in [1.29, 1.82) is 0 Å². The molecule has 0 bridgehead atoms. The summed E-state index contributed by atoms with van der Waals surface area (Å²) in [5.74, 6) is 0.662. The monoisotopic (exact) mass is 207 g/mol. The quantitative estimate of drug-likeness (QED) is 0.820. The minimum absolute atomic E-state index is 0.360. The second kappa shape index (κ2) is 3.63. The summed E-state index contributed by atoms with van der Waals surface area (Å²) in [4.78, 5) is 0. The smallest absolute Gasteiger partial charge is 0.0524 e. The Morgan fingerprint density at radius 1 is 1.60 bits per heavy atom. The molecule has 15 heavy (non-hydrogen) atoms. The molecule has 1 heterocycles. The molecule has 0 amide bonds. The predicted molar refractivity (Wildman–Crippen MR) is 61.8 cm³/mol. The first-order valence-electron chi connectivity index (χ1n) is 5.77. The molecule has 0 saturated heterocycles. The van der Waals surface area contributed by atoms with Crippen LogP contribution in [0.15, 0.2) is 12.4 Å². The molecule has 2 rings (SSSR count). The minimum atomic E-state index is 0.360. The molecule has 0 radical (unpaired) electrons. The molecule has 1 fully saturated rings. The van der Waals surface area contributed by atoms with E-state index in [1.807, 2.05) is 17.9 Å².